The van der Waals surface area contributed by atoms with Crippen LogP contribution >= 0.6 is 0 Å². The van der Waals surface area contributed by atoms with Gasteiger partial charge in [0.1, 0.15) is 11.5 Å². The molecule has 3 heterocycles. The smallest absolute Gasteiger partial charge is 0.160 e. The van der Waals surface area contributed by atoms with E-state index in [1.807, 2.05) is 72.8 Å². The molecule has 0 N–H and O–H groups in total. The molecule has 1 aliphatic rings. The van der Waals surface area contributed by atoms with E-state index >= 15 is 0 Å². The van der Waals surface area contributed by atoms with Gasteiger partial charge in [0, 0.05) is 49.7 Å². The molecule has 0 atom stereocenters. The summed E-state index contributed by atoms with van der Waals surface area (Å²) in [5.41, 5.74) is 12.6. The van der Waals surface area contributed by atoms with Gasteiger partial charge in [0.15, 0.2) is 5.82 Å². The van der Waals surface area contributed by atoms with E-state index in [-0.39, 0.29) is 5.41 Å². The van der Waals surface area contributed by atoms with Gasteiger partial charge in [0.05, 0.1) is 34.1 Å². The number of para-hydroxylation sites is 1. The highest BCUT2D eigenvalue weighted by molar-refractivity contribution is 6.11. The Morgan fingerprint density at radius 2 is 1.04 bits per heavy atom. The Kier molecular flexibility index (Phi) is 7.47. The number of fused-ring (bicyclic) bond motifs is 5. The molecule has 0 spiro atoms. The summed E-state index contributed by atoms with van der Waals surface area (Å²) in [5.74, 6) is 2.33. The highest BCUT2D eigenvalue weighted by Gasteiger charge is 2.34. The van der Waals surface area contributed by atoms with E-state index < -0.39 is 0 Å². The minimum atomic E-state index is -0.295. The van der Waals surface area contributed by atoms with Crippen molar-refractivity contribution in [1.82, 2.24) is 14.5 Å². The molecule has 10 rings (SSSR count). The monoisotopic (exact) mass is 706 g/mol. The maximum Gasteiger partial charge on any atom is 0.160 e. The average molecular weight is 707 g/mol. The lowest BCUT2D eigenvalue weighted by molar-refractivity contribution is 0.418. The van der Waals surface area contributed by atoms with E-state index in [1.165, 1.54) is 0 Å². The number of ether oxygens (including phenoxy) is 1. The van der Waals surface area contributed by atoms with Crippen molar-refractivity contribution < 1.29 is 4.74 Å². The summed E-state index contributed by atoms with van der Waals surface area (Å²) in [7, 11) is 0. The molecule has 2 aromatic heterocycles. The molecule has 55 heavy (non-hydrogen) atoms. The van der Waals surface area contributed by atoms with Crippen LogP contribution in [0.15, 0.2) is 170 Å². The predicted octanol–water partition coefficient (Wildman–Crippen LogP) is 12.5. The Balaban J connectivity index is 1.06. The Hall–Kier alpha value is -7.29. The lowest BCUT2D eigenvalue weighted by Gasteiger charge is -2.35. The number of nitrogens with zero attached hydrogens (tertiary/aromatic N) is 4. The van der Waals surface area contributed by atoms with Crippen LogP contribution in [-0.4, -0.2) is 14.5 Å². The van der Waals surface area contributed by atoms with Gasteiger partial charge in [0.25, 0.3) is 0 Å². The fourth-order valence-corrected chi connectivity index (χ4v) is 8.04. The summed E-state index contributed by atoms with van der Waals surface area (Å²) in [6.45, 7) is 4.52. The third-order valence-electron chi connectivity index (χ3n) is 10.9. The fourth-order valence-electron chi connectivity index (χ4n) is 8.04. The van der Waals surface area contributed by atoms with Gasteiger partial charge >= 0.3 is 0 Å². The number of nitriles is 1. The highest BCUT2D eigenvalue weighted by atomic mass is 16.5. The Bertz CT molecular complexity index is 2920. The summed E-state index contributed by atoms with van der Waals surface area (Å²) >= 11 is 0. The van der Waals surface area contributed by atoms with Crippen molar-refractivity contribution >= 4 is 21.8 Å². The molecule has 0 bridgehead atoms. The van der Waals surface area contributed by atoms with Crippen molar-refractivity contribution in [3.8, 4) is 68.3 Å². The van der Waals surface area contributed by atoms with Crippen molar-refractivity contribution in [1.29, 1.82) is 5.26 Å². The molecule has 0 unspecified atom stereocenters. The minimum Gasteiger partial charge on any atom is -0.457 e. The van der Waals surface area contributed by atoms with E-state index in [4.69, 9.17) is 14.7 Å². The summed E-state index contributed by atoms with van der Waals surface area (Å²) in [6.07, 6.45) is 0. The maximum atomic E-state index is 9.77. The van der Waals surface area contributed by atoms with Crippen LogP contribution in [-0.2, 0) is 5.41 Å². The van der Waals surface area contributed by atoms with Crippen LogP contribution in [0.3, 0.4) is 0 Å². The molecule has 0 radical (unpaired) electrons. The summed E-state index contributed by atoms with van der Waals surface area (Å²) in [4.78, 5) is 10.1. The zero-order valence-electron chi connectivity index (χ0n) is 30.4. The molecule has 0 fully saturated rings. The first kappa shape index (κ1) is 32.4. The van der Waals surface area contributed by atoms with Gasteiger partial charge < -0.3 is 9.30 Å². The second-order valence-electron chi connectivity index (χ2n) is 14.6. The summed E-state index contributed by atoms with van der Waals surface area (Å²) < 4.78 is 9.10. The molecule has 5 heteroatoms. The largest absolute Gasteiger partial charge is 0.457 e. The van der Waals surface area contributed by atoms with Gasteiger partial charge in [-0.2, -0.15) is 5.26 Å². The van der Waals surface area contributed by atoms with E-state index in [0.29, 0.717) is 11.4 Å². The van der Waals surface area contributed by atoms with Crippen molar-refractivity contribution in [2.45, 2.75) is 19.3 Å². The van der Waals surface area contributed by atoms with E-state index in [1.54, 1.807) is 0 Å². The Labute approximate surface area is 319 Å². The van der Waals surface area contributed by atoms with Crippen LogP contribution in [0, 0.1) is 11.3 Å². The topological polar surface area (TPSA) is 63.7 Å². The molecular weight excluding hydrogens is 673 g/mol. The first-order chi connectivity index (χ1) is 26.9. The van der Waals surface area contributed by atoms with Crippen LogP contribution in [0.1, 0.15) is 30.5 Å². The van der Waals surface area contributed by atoms with Crippen molar-refractivity contribution in [3.05, 3.63) is 187 Å². The van der Waals surface area contributed by atoms with E-state index in [9.17, 15) is 5.26 Å². The number of hydrogen-bond acceptors (Lipinski definition) is 4. The normalized spacial score (nSPS) is 12.8. The SMILES string of the molecule is CC1(C)c2ccc(-c3ccc4c(c3)c3cc(C#N)ccc3n4-c3ccccc3)cc2Oc2cc(-c3cc(-c4ccccc4)nc(-c4ccccc4)n3)ccc21. The lowest BCUT2D eigenvalue weighted by Crippen LogP contribution is -2.24. The zero-order valence-corrected chi connectivity index (χ0v) is 30.4. The van der Waals surface area contributed by atoms with Gasteiger partial charge in [0.2, 0.25) is 0 Å². The number of rotatable bonds is 5. The zero-order chi connectivity index (χ0) is 37.1. The third kappa shape index (κ3) is 5.47. The molecule has 7 aromatic carbocycles. The van der Waals surface area contributed by atoms with Crippen LogP contribution in [0.25, 0.3) is 72.5 Å². The first-order valence-electron chi connectivity index (χ1n) is 18.5. The third-order valence-corrected chi connectivity index (χ3v) is 10.9. The van der Waals surface area contributed by atoms with E-state index in [0.717, 1.165) is 89.3 Å². The van der Waals surface area contributed by atoms with Crippen LogP contribution < -0.4 is 4.74 Å². The van der Waals surface area contributed by atoms with Crippen molar-refractivity contribution in [3.63, 3.8) is 0 Å². The molecular formula is C50H34N4O. The van der Waals surface area contributed by atoms with E-state index in [2.05, 4.69) is 122 Å². The summed E-state index contributed by atoms with van der Waals surface area (Å²) in [6, 6.07) is 60.7. The standard InChI is InChI=1S/C50H34N4O/c1-50(2)41-22-19-36(35-21-25-46-40(27-35)39-26-32(31-51)18-24-45(39)54(46)38-16-10-5-11-17-38)28-47(41)55-48-29-37(20-23-42(48)50)44-30-43(33-12-6-3-7-13-33)52-49(53-44)34-14-8-4-9-15-34/h3-30H,1-2H3. The second-order valence-corrected chi connectivity index (χ2v) is 14.6. The minimum absolute atomic E-state index is 0.295. The van der Waals surface area contributed by atoms with Gasteiger partial charge in [-0.1, -0.05) is 123 Å². The molecule has 260 valence electrons. The average Bonchev–Trinajstić information content (AvgIpc) is 3.57. The first-order valence-corrected chi connectivity index (χ1v) is 18.5. The number of hydrogen-bond donors (Lipinski definition) is 0. The van der Waals surface area contributed by atoms with Crippen LogP contribution in [0.2, 0.25) is 0 Å². The van der Waals surface area contributed by atoms with Gasteiger partial charge in [-0.15, -0.1) is 0 Å². The van der Waals surface area contributed by atoms with Crippen LogP contribution in [0.5, 0.6) is 11.5 Å². The molecule has 0 aliphatic carbocycles. The molecule has 9 aromatic rings. The maximum absolute atomic E-state index is 9.77. The van der Waals surface area contributed by atoms with Gasteiger partial charge in [-0.25, -0.2) is 9.97 Å². The molecule has 0 saturated carbocycles. The molecule has 5 nitrogen and oxygen atoms in total. The van der Waals surface area contributed by atoms with Crippen molar-refractivity contribution in [2.24, 2.45) is 0 Å². The number of aromatic nitrogens is 3. The van der Waals surface area contributed by atoms with Crippen molar-refractivity contribution in [2.75, 3.05) is 0 Å². The Morgan fingerprint density at radius 3 is 1.71 bits per heavy atom. The molecule has 0 amide bonds. The molecule has 0 saturated heterocycles. The lowest BCUT2D eigenvalue weighted by atomic mass is 9.75. The predicted molar refractivity (Wildman–Crippen MR) is 221 cm³/mol. The Morgan fingerprint density at radius 1 is 0.509 bits per heavy atom. The van der Waals surface area contributed by atoms with Gasteiger partial charge in [-0.3, -0.25) is 0 Å². The molecule has 1 aliphatic heterocycles. The second kappa shape index (κ2) is 12.7. The summed E-state index contributed by atoms with van der Waals surface area (Å²) in [5, 5.41) is 11.9. The quantitative estimate of drug-likeness (QED) is 0.179. The number of benzene rings is 7. The highest BCUT2D eigenvalue weighted by Crippen LogP contribution is 2.50. The van der Waals surface area contributed by atoms with Gasteiger partial charge in [-0.05, 0) is 71.8 Å². The fraction of sp³-hybridized carbons (Fsp3) is 0.0600. The van der Waals surface area contributed by atoms with Crippen LogP contribution in [0.4, 0.5) is 0 Å².